The fraction of sp³-hybridized carbons (Fsp3) is 0.909. The van der Waals surface area contributed by atoms with Gasteiger partial charge in [0, 0.05) is 0 Å². The summed E-state index contributed by atoms with van der Waals surface area (Å²) in [5, 5.41) is 0. The van der Waals surface area contributed by atoms with Gasteiger partial charge in [-0.1, -0.05) is 32.1 Å². The van der Waals surface area contributed by atoms with Gasteiger partial charge in [-0.2, -0.15) is 0 Å². The summed E-state index contributed by atoms with van der Waals surface area (Å²) in [6.07, 6.45) is 13.5. The highest BCUT2D eigenvalue weighted by Crippen LogP contribution is 2.40. The van der Waals surface area contributed by atoms with Crippen LogP contribution in [-0.2, 0) is 0 Å². The van der Waals surface area contributed by atoms with Crippen LogP contribution >= 0.6 is 0 Å². The molecule has 2 aliphatic carbocycles. The van der Waals surface area contributed by atoms with Gasteiger partial charge in [-0.15, -0.1) is 0 Å². The van der Waals surface area contributed by atoms with Crippen LogP contribution < -0.4 is 0 Å². The molecule has 0 unspecified atom stereocenters. The molecule has 0 amide bonds. The molecule has 0 saturated heterocycles. The Morgan fingerprint density at radius 2 is 1.36 bits per heavy atom. The first-order valence-corrected chi connectivity index (χ1v) is 5.31. The molecule has 0 aromatic heterocycles. The third-order valence-electron chi connectivity index (χ3n) is 3.43. The fourth-order valence-corrected chi connectivity index (χ4v) is 2.75. The number of hydrogen-bond acceptors (Lipinski definition) is 0. The van der Waals surface area contributed by atoms with E-state index in [1.54, 1.807) is 0 Å². The van der Waals surface area contributed by atoms with E-state index in [0.717, 1.165) is 5.92 Å². The molecule has 0 nitrogen and oxygen atoms in total. The SMILES string of the molecule is C1CCC([C]2CCCC2)CC1. The minimum absolute atomic E-state index is 1.06. The summed E-state index contributed by atoms with van der Waals surface area (Å²) in [5.74, 6) is 3.00. The first kappa shape index (κ1) is 7.64. The van der Waals surface area contributed by atoms with E-state index in [1.807, 2.05) is 5.92 Å². The van der Waals surface area contributed by atoms with E-state index in [4.69, 9.17) is 0 Å². The molecule has 63 valence electrons. The van der Waals surface area contributed by atoms with Gasteiger partial charge in [-0.05, 0) is 37.5 Å². The summed E-state index contributed by atoms with van der Waals surface area (Å²) in [6.45, 7) is 0. The van der Waals surface area contributed by atoms with Crippen LogP contribution in [0, 0.1) is 11.8 Å². The lowest BCUT2D eigenvalue weighted by Crippen LogP contribution is -2.13. The topological polar surface area (TPSA) is 0 Å². The highest BCUT2D eigenvalue weighted by molar-refractivity contribution is 5.00. The van der Waals surface area contributed by atoms with Crippen molar-refractivity contribution in [2.75, 3.05) is 0 Å². The monoisotopic (exact) mass is 151 g/mol. The molecular formula is C11H19. The molecule has 0 atom stereocenters. The maximum Gasteiger partial charge on any atom is -0.0210 e. The van der Waals surface area contributed by atoms with Gasteiger partial charge in [0.2, 0.25) is 0 Å². The van der Waals surface area contributed by atoms with E-state index >= 15 is 0 Å². The highest BCUT2D eigenvalue weighted by Gasteiger charge is 2.26. The maximum absolute atomic E-state index is 1.93. The zero-order chi connectivity index (χ0) is 7.52. The van der Waals surface area contributed by atoms with Crippen LogP contribution in [0.25, 0.3) is 0 Å². The number of rotatable bonds is 1. The summed E-state index contributed by atoms with van der Waals surface area (Å²) in [7, 11) is 0. The van der Waals surface area contributed by atoms with Gasteiger partial charge in [0.15, 0.2) is 0 Å². The smallest absolute Gasteiger partial charge is 0.0210 e. The Morgan fingerprint density at radius 3 is 2.00 bits per heavy atom. The summed E-state index contributed by atoms with van der Waals surface area (Å²) < 4.78 is 0. The molecule has 2 aliphatic rings. The lowest BCUT2D eigenvalue weighted by atomic mass is 9.79. The van der Waals surface area contributed by atoms with Gasteiger partial charge in [0.05, 0.1) is 0 Å². The largest absolute Gasteiger partial charge is 0.0533 e. The lowest BCUT2D eigenvalue weighted by molar-refractivity contribution is 0.360. The van der Waals surface area contributed by atoms with E-state index in [0.29, 0.717) is 0 Å². The molecule has 0 aromatic carbocycles. The van der Waals surface area contributed by atoms with Crippen molar-refractivity contribution in [3.05, 3.63) is 5.92 Å². The van der Waals surface area contributed by atoms with Crippen LogP contribution in [0.15, 0.2) is 0 Å². The summed E-state index contributed by atoms with van der Waals surface area (Å²) in [6, 6.07) is 0. The zero-order valence-electron chi connectivity index (χ0n) is 7.44. The van der Waals surface area contributed by atoms with Crippen LogP contribution in [0.5, 0.6) is 0 Å². The Bertz CT molecular complexity index is 105. The van der Waals surface area contributed by atoms with Crippen molar-refractivity contribution in [2.45, 2.75) is 57.8 Å². The van der Waals surface area contributed by atoms with Crippen molar-refractivity contribution in [1.82, 2.24) is 0 Å². The van der Waals surface area contributed by atoms with Gasteiger partial charge >= 0.3 is 0 Å². The van der Waals surface area contributed by atoms with E-state index < -0.39 is 0 Å². The molecule has 1 radical (unpaired) electrons. The Balaban J connectivity index is 1.82. The first-order valence-electron chi connectivity index (χ1n) is 5.31. The molecular weight excluding hydrogens is 132 g/mol. The van der Waals surface area contributed by atoms with E-state index in [2.05, 4.69) is 0 Å². The van der Waals surface area contributed by atoms with Gasteiger partial charge in [-0.25, -0.2) is 0 Å². The highest BCUT2D eigenvalue weighted by atomic mass is 14.3. The third kappa shape index (κ3) is 1.77. The van der Waals surface area contributed by atoms with Crippen LogP contribution in [0.4, 0.5) is 0 Å². The third-order valence-corrected chi connectivity index (χ3v) is 3.43. The maximum atomic E-state index is 1.93. The van der Waals surface area contributed by atoms with Crippen LogP contribution in [0.2, 0.25) is 0 Å². The average Bonchev–Trinajstić information content (AvgIpc) is 2.58. The minimum atomic E-state index is 1.06. The van der Waals surface area contributed by atoms with E-state index in [9.17, 15) is 0 Å². The Labute approximate surface area is 70.4 Å². The standard InChI is InChI=1S/C11H19/c1-2-6-10(7-3-1)11-8-4-5-9-11/h10H,1-9H2. The van der Waals surface area contributed by atoms with Gasteiger partial charge in [0.25, 0.3) is 0 Å². The molecule has 2 fully saturated rings. The molecule has 0 bridgehead atoms. The minimum Gasteiger partial charge on any atom is -0.0533 e. The second kappa shape index (κ2) is 3.60. The molecule has 0 aromatic rings. The van der Waals surface area contributed by atoms with Gasteiger partial charge < -0.3 is 0 Å². The number of hydrogen-bond donors (Lipinski definition) is 0. The molecule has 0 heteroatoms. The van der Waals surface area contributed by atoms with Crippen molar-refractivity contribution in [3.63, 3.8) is 0 Å². The fourth-order valence-electron chi connectivity index (χ4n) is 2.75. The summed E-state index contributed by atoms with van der Waals surface area (Å²) in [5.41, 5.74) is 0. The van der Waals surface area contributed by atoms with Gasteiger partial charge in [-0.3, -0.25) is 0 Å². The predicted octanol–water partition coefficient (Wildman–Crippen LogP) is 3.72. The van der Waals surface area contributed by atoms with Crippen molar-refractivity contribution >= 4 is 0 Å². The molecule has 2 rings (SSSR count). The molecule has 0 spiro atoms. The van der Waals surface area contributed by atoms with E-state index in [-0.39, 0.29) is 0 Å². The Kier molecular flexibility index (Phi) is 2.50. The zero-order valence-corrected chi connectivity index (χ0v) is 7.44. The van der Waals surface area contributed by atoms with Crippen LogP contribution in [0.1, 0.15) is 57.8 Å². The normalized spacial score (nSPS) is 29.5. The van der Waals surface area contributed by atoms with Crippen molar-refractivity contribution < 1.29 is 0 Å². The van der Waals surface area contributed by atoms with Crippen LogP contribution in [0.3, 0.4) is 0 Å². The Morgan fingerprint density at radius 1 is 0.727 bits per heavy atom. The quantitative estimate of drug-likeness (QED) is 0.536. The van der Waals surface area contributed by atoms with Gasteiger partial charge in [0.1, 0.15) is 0 Å². The van der Waals surface area contributed by atoms with Crippen molar-refractivity contribution in [1.29, 1.82) is 0 Å². The summed E-state index contributed by atoms with van der Waals surface area (Å²) in [4.78, 5) is 0. The molecule has 0 heterocycles. The second-order valence-corrected chi connectivity index (χ2v) is 4.20. The van der Waals surface area contributed by atoms with E-state index in [1.165, 1.54) is 57.8 Å². The van der Waals surface area contributed by atoms with Crippen molar-refractivity contribution in [2.24, 2.45) is 5.92 Å². The Hall–Kier alpha value is 0. The second-order valence-electron chi connectivity index (χ2n) is 4.20. The lowest BCUT2D eigenvalue weighted by Gasteiger charge is -2.26. The first-order chi connectivity index (χ1) is 5.47. The summed E-state index contributed by atoms with van der Waals surface area (Å²) >= 11 is 0. The predicted molar refractivity (Wildman–Crippen MR) is 48.3 cm³/mol. The van der Waals surface area contributed by atoms with Crippen molar-refractivity contribution in [3.8, 4) is 0 Å². The average molecular weight is 151 g/mol. The molecule has 0 aliphatic heterocycles. The van der Waals surface area contributed by atoms with Crippen LogP contribution in [-0.4, -0.2) is 0 Å². The molecule has 0 N–H and O–H groups in total. The molecule has 11 heavy (non-hydrogen) atoms. The molecule has 2 saturated carbocycles.